The molecule has 0 aliphatic heterocycles. The monoisotopic (exact) mass is 338 g/mol. The number of benzene rings is 1. The average Bonchev–Trinajstić information content (AvgIpc) is 2.52. The van der Waals surface area contributed by atoms with E-state index in [4.69, 9.17) is 23.2 Å². The maximum atomic E-state index is 12.1. The largest absolute Gasteiger partial charge is 0.369 e. The van der Waals surface area contributed by atoms with E-state index in [1.807, 2.05) is 0 Å². The molecule has 0 unspecified atom stereocenters. The molecule has 0 aliphatic rings. The van der Waals surface area contributed by atoms with Crippen molar-refractivity contribution in [2.24, 2.45) is 0 Å². The molecule has 116 valence electrons. The first kappa shape index (κ1) is 16.5. The van der Waals surface area contributed by atoms with Gasteiger partial charge in [0.25, 0.3) is 5.91 Å². The normalized spacial score (nSPS) is 10.3. The highest BCUT2D eigenvalue weighted by Gasteiger charge is 2.11. The number of carbonyl (C=O) groups excluding carboxylic acids is 1. The molecule has 0 atom stereocenters. The summed E-state index contributed by atoms with van der Waals surface area (Å²) in [5.41, 5.74) is 0.642. The van der Waals surface area contributed by atoms with Crippen LogP contribution >= 0.6 is 23.2 Å². The Morgan fingerprint density at radius 3 is 2.73 bits per heavy atom. The molecule has 7 heteroatoms. The van der Waals surface area contributed by atoms with Crippen LogP contribution in [0.2, 0.25) is 10.0 Å². The van der Waals surface area contributed by atoms with E-state index in [-0.39, 0.29) is 5.69 Å². The minimum absolute atomic E-state index is 0.206. The van der Waals surface area contributed by atoms with Gasteiger partial charge in [0.05, 0.1) is 23.1 Å². The van der Waals surface area contributed by atoms with Crippen LogP contribution in [0.3, 0.4) is 0 Å². The quantitative estimate of drug-likeness (QED) is 0.772. The second-order valence-corrected chi connectivity index (χ2v) is 5.49. The summed E-state index contributed by atoms with van der Waals surface area (Å²) in [4.78, 5) is 20.4. The summed E-state index contributed by atoms with van der Waals surface area (Å²) < 4.78 is 0. The Balaban J connectivity index is 2.02. The van der Waals surface area contributed by atoms with Gasteiger partial charge in [-0.15, -0.1) is 0 Å². The second kappa shape index (κ2) is 7.96. The van der Waals surface area contributed by atoms with Crippen LogP contribution < -0.4 is 10.6 Å². The van der Waals surface area contributed by atoms with Gasteiger partial charge in [-0.25, -0.2) is 9.97 Å². The van der Waals surface area contributed by atoms with Crippen molar-refractivity contribution in [2.45, 2.75) is 19.8 Å². The Kier molecular flexibility index (Phi) is 5.98. The summed E-state index contributed by atoms with van der Waals surface area (Å²) in [6.45, 7) is 2.94. The summed E-state index contributed by atoms with van der Waals surface area (Å²) in [5.74, 6) is 0.252. The Bertz CT molecular complexity index is 646. The summed E-state index contributed by atoms with van der Waals surface area (Å²) in [6.07, 6.45) is 5.10. The number of hydrogen-bond acceptors (Lipinski definition) is 4. The van der Waals surface area contributed by atoms with Crippen molar-refractivity contribution in [2.75, 3.05) is 17.2 Å². The van der Waals surface area contributed by atoms with E-state index < -0.39 is 5.91 Å². The van der Waals surface area contributed by atoms with E-state index in [1.165, 1.54) is 12.4 Å². The molecule has 1 heterocycles. The number of halogens is 2. The first-order valence-electron chi connectivity index (χ1n) is 6.92. The fraction of sp³-hybridized carbons (Fsp3) is 0.267. The number of unbranched alkanes of at least 4 members (excludes halogenated alkanes) is 1. The minimum atomic E-state index is -0.392. The van der Waals surface area contributed by atoms with Crippen LogP contribution in [-0.2, 0) is 0 Å². The maximum Gasteiger partial charge on any atom is 0.275 e. The molecule has 0 bridgehead atoms. The van der Waals surface area contributed by atoms with Gasteiger partial charge in [-0.2, -0.15) is 0 Å². The molecule has 22 heavy (non-hydrogen) atoms. The average molecular weight is 339 g/mol. The lowest BCUT2D eigenvalue weighted by atomic mass is 10.3. The van der Waals surface area contributed by atoms with E-state index in [0.717, 1.165) is 19.4 Å². The number of rotatable bonds is 6. The molecule has 0 aliphatic carbocycles. The number of amides is 1. The molecule has 0 fully saturated rings. The molecule has 0 radical (unpaired) electrons. The summed E-state index contributed by atoms with van der Waals surface area (Å²) in [6, 6.07) is 4.85. The lowest BCUT2D eigenvalue weighted by molar-refractivity contribution is 0.102. The third-order valence-electron chi connectivity index (χ3n) is 2.90. The molecular formula is C15H16Cl2N4O. The molecule has 0 saturated carbocycles. The summed E-state index contributed by atoms with van der Waals surface area (Å²) in [5, 5.41) is 6.69. The van der Waals surface area contributed by atoms with Crippen LogP contribution in [0.1, 0.15) is 30.3 Å². The third-order valence-corrected chi connectivity index (χ3v) is 3.46. The van der Waals surface area contributed by atoms with Crippen molar-refractivity contribution < 1.29 is 4.79 Å². The zero-order valence-corrected chi connectivity index (χ0v) is 13.6. The number of carbonyl (C=O) groups is 1. The molecule has 2 rings (SSSR count). The van der Waals surface area contributed by atoms with Crippen LogP contribution in [0.4, 0.5) is 11.5 Å². The molecule has 0 saturated heterocycles. The zero-order valence-electron chi connectivity index (χ0n) is 12.1. The van der Waals surface area contributed by atoms with Gasteiger partial charge >= 0.3 is 0 Å². The van der Waals surface area contributed by atoms with Gasteiger partial charge in [0.15, 0.2) is 0 Å². The number of hydrogen-bond donors (Lipinski definition) is 2. The van der Waals surface area contributed by atoms with Crippen LogP contribution in [0.25, 0.3) is 0 Å². The SMILES string of the molecule is CCCCNc1cnc(C(=O)Nc2cc(Cl)ccc2Cl)cn1. The van der Waals surface area contributed by atoms with Gasteiger partial charge in [0.2, 0.25) is 0 Å². The van der Waals surface area contributed by atoms with Crippen molar-refractivity contribution in [3.8, 4) is 0 Å². The zero-order chi connectivity index (χ0) is 15.9. The van der Waals surface area contributed by atoms with E-state index in [9.17, 15) is 4.79 Å². The Morgan fingerprint density at radius 1 is 1.23 bits per heavy atom. The number of aromatic nitrogens is 2. The van der Waals surface area contributed by atoms with Crippen molar-refractivity contribution in [3.63, 3.8) is 0 Å². The summed E-state index contributed by atoms with van der Waals surface area (Å²) >= 11 is 11.9. The van der Waals surface area contributed by atoms with Gasteiger partial charge in [0, 0.05) is 11.6 Å². The predicted octanol–water partition coefficient (Wildman–Crippen LogP) is 4.25. The van der Waals surface area contributed by atoms with Gasteiger partial charge < -0.3 is 10.6 Å². The van der Waals surface area contributed by atoms with E-state index in [2.05, 4.69) is 27.5 Å². The highest BCUT2D eigenvalue weighted by atomic mass is 35.5. The van der Waals surface area contributed by atoms with Crippen molar-refractivity contribution in [1.29, 1.82) is 0 Å². The van der Waals surface area contributed by atoms with Crippen LogP contribution in [0.15, 0.2) is 30.6 Å². The third kappa shape index (κ3) is 4.58. The minimum Gasteiger partial charge on any atom is -0.369 e. The molecule has 1 aromatic carbocycles. The van der Waals surface area contributed by atoms with Crippen LogP contribution in [-0.4, -0.2) is 22.4 Å². The fourth-order valence-electron chi connectivity index (χ4n) is 1.71. The molecule has 2 aromatic rings. The first-order valence-corrected chi connectivity index (χ1v) is 7.68. The lowest BCUT2D eigenvalue weighted by Gasteiger charge is -2.08. The van der Waals surface area contributed by atoms with Crippen LogP contribution in [0.5, 0.6) is 0 Å². The standard InChI is InChI=1S/C15H16Cl2N4O/c1-2-3-6-18-14-9-19-13(8-20-14)15(22)21-12-7-10(16)4-5-11(12)17/h4-5,7-9H,2-3,6H2,1H3,(H,18,20)(H,21,22). The van der Waals surface area contributed by atoms with Crippen molar-refractivity contribution >= 4 is 40.6 Å². The number of nitrogens with zero attached hydrogens (tertiary/aromatic N) is 2. The van der Waals surface area contributed by atoms with E-state index >= 15 is 0 Å². The van der Waals surface area contributed by atoms with Gasteiger partial charge in [-0.1, -0.05) is 36.5 Å². The van der Waals surface area contributed by atoms with Crippen LogP contribution in [0, 0.1) is 0 Å². The molecule has 0 spiro atoms. The predicted molar refractivity (Wildman–Crippen MR) is 89.8 cm³/mol. The highest BCUT2D eigenvalue weighted by molar-refractivity contribution is 6.35. The number of anilines is 2. The second-order valence-electron chi connectivity index (χ2n) is 4.65. The topological polar surface area (TPSA) is 66.9 Å². The number of nitrogens with one attached hydrogen (secondary N) is 2. The Labute approximate surface area is 139 Å². The first-order chi connectivity index (χ1) is 10.6. The molecule has 5 nitrogen and oxygen atoms in total. The van der Waals surface area contributed by atoms with Gasteiger partial charge in [-0.05, 0) is 24.6 Å². The molecule has 2 N–H and O–H groups in total. The molecule has 1 amide bonds. The molecular weight excluding hydrogens is 323 g/mol. The van der Waals surface area contributed by atoms with E-state index in [0.29, 0.717) is 21.6 Å². The van der Waals surface area contributed by atoms with Gasteiger partial charge in [-0.3, -0.25) is 4.79 Å². The highest BCUT2D eigenvalue weighted by Crippen LogP contribution is 2.25. The fourth-order valence-corrected chi connectivity index (χ4v) is 2.05. The Morgan fingerprint density at radius 2 is 2.05 bits per heavy atom. The maximum absolute atomic E-state index is 12.1. The smallest absolute Gasteiger partial charge is 0.275 e. The van der Waals surface area contributed by atoms with Gasteiger partial charge in [0.1, 0.15) is 11.5 Å². The molecule has 1 aromatic heterocycles. The van der Waals surface area contributed by atoms with Crippen molar-refractivity contribution in [3.05, 3.63) is 46.3 Å². The lowest BCUT2D eigenvalue weighted by Crippen LogP contribution is -2.15. The Hall–Kier alpha value is -1.85. The summed E-state index contributed by atoms with van der Waals surface area (Å²) in [7, 11) is 0. The van der Waals surface area contributed by atoms with E-state index in [1.54, 1.807) is 18.2 Å². The van der Waals surface area contributed by atoms with Crippen molar-refractivity contribution in [1.82, 2.24) is 9.97 Å².